The lowest BCUT2D eigenvalue weighted by Crippen LogP contribution is -2.47. The van der Waals surface area contributed by atoms with E-state index in [1.54, 1.807) is 6.08 Å². The van der Waals surface area contributed by atoms with Gasteiger partial charge in [-0.1, -0.05) is 30.3 Å². The molecule has 0 radical (unpaired) electrons. The summed E-state index contributed by atoms with van der Waals surface area (Å²) in [6.07, 6.45) is 3.72. The normalized spacial score (nSPS) is 24.4. The quantitative estimate of drug-likeness (QED) is 0.748. The number of morpholine rings is 1. The molecule has 1 heterocycles. The smallest absolute Gasteiger partial charge is 0.246 e. The summed E-state index contributed by atoms with van der Waals surface area (Å²) in [6, 6.07) is 9.85. The molecule has 96 valence electrons. The Hall–Kier alpha value is -1.61. The molecule has 0 aromatic heterocycles. The van der Waals surface area contributed by atoms with Crippen molar-refractivity contribution in [2.24, 2.45) is 0 Å². The lowest BCUT2D eigenvalue weighted by atomic mass is 10.2. The summed E-state index contributed by atoms with van der Waals surface area (Å²) in [5.74, 6) is 0.0563. The first kappa shape index (κ1) is 12.8. The molecule has 0 N–H and O–H groups in total. The fourth-order valence-corrected chi connectivity index (χ4v) is 2.19. The van der Waals surface area contributed by atoms with Gasteiger partial charge in [0.25, 0.3) is 0 Å². The number of rotatable bonds is 2. The van der Waals surface area contributed by atoms with Crippen LogP contribution < -0.4 is 0 Å². The molecule has 1 aromatic carbocycles. The van der Waals surface area contributed by atoms with Crippen molar-refractivity contribution in [3.8, 4) is 0 Å². The first-order chi connectivity index (χ1) is 8.65. The van der Waals surface area contributed by atoms with Crippen LogP contribution >= 0.6 is 0 Å². The average Bonchev–Trinajstić information content (AvgIpc) is 2.36. The summed E-state index contributed by atoms with van der Waals surface area (Å²) in [5.41, 5.74) is 1.04. The molecule has 3 nitrogen and oxygen atoms in total. The second-order valence-corrected chi connectivity index (χ2v) is 4.74. The van der Waals surface area contributed by atoms with E-state index in [0.29, 0.717) is 13.1 Å². The highest BCUT2D eigenvalue weighted by Crippen LogP contribution is 2.11. The molecule has 0 aliphatic carbocycles. The van der Waals surface area contributed by atoms with Gasteiger partial charge in [0.1, 0.15) is 0 Å². The number of carbonyl (C=O) groups excluding carboxylic acids is 1. The van der Waals surface area contributed by atoms with Gasteiger partial charge in [-0.3, -0.25) is 4.79 Å². The highest BCUT2D eigenvalue weighted by molar-refractivity contribution is 5.91. The summed E-state index contributed by atoms with van der Waals surface area (Å²) >= 11 is 0. The first-order valence-electron chi connectivity index (χ1n) is 6.32. The molecule has 3 heteroatoms. The van der Waals surface area contributed by atoms with Crippen LogP contribution in [0.2, 0.25) is 0 Å². The van der Waals surface area contributed by atoms with Gasteiger partial charge in [-0.05, 0) is 25.5 Å². The topological polar surface area (TPSA) is 29.5 Å². The molecule has 0 saturated carbocycles. The van der Waals surface area contributed by atoms with Crippen LogP contribution in [0.15, 0.2) is 36.4 Å². The zero-order chi connectivity index (χ0) is 13.0. The molecule has 1 aliphatic rings. The van der Waals surface area contributed by atoms with Crippen molar-refractivity contribution in [3.05, 3.63) is 42.0 Å². The summed E-state index contributed by atoms with van der Waals surface area (Å²) in [7, 11) is 0. The van der Waals surface area contributed by atoms with Crippen LogP contribution in [-0.2, 0) is 9.53 Å². The van der Waals surface area contributed by atoms with E-state index in [2.05, 4.69) is 0 Å². The number of benzene rings is 1. The zero-order valence-electron chi connectivity index (χ0n) is 10.9. The Bertz CT molecular complexity index is 417. The molecular formula is C15H19NO2. The van der Waals surface area contributed by atoms with Crippen molar-refractivity contribution in [3.63, 3.8) is 0 Å². The van der Waals surface area contributed by atoms with Crippen LogP contribution in [0.25, 0.3) is 6.08 Å². The van der Waals surface area contributed by atoms with E-state index in [-0.39, 0.29) is 18.1 Å². The molecule has 0 unspecified atom stereocenters. The molecule has 2 rings (SSSR count). The van der Waals surface area contributed by atoms with Gasteiger partial charge in [-0.15, -0.1) is 0 Å². The minimum atomic E-state index is 0.0563. The predicted octanol–water partition coefficient (Wildman–Crippen LogP) is 2.34. The Labute approximate surface area is 108 Å². The fourth-order valence-electron chi connectivity index (χ4n) is 2.19. The Morgan fingerprint density at radius 2 is 1.83 bits per heavy atom. The molecule has 0 bridgehead atoms. The molecule has 2 atom stereocenters. The number of ether oxygens (including phenoxy) is 1. The third kappa shape index (κ3) is 3.44. The van der Waals surface area contributed by atoms with Gasteiger partial charge in [0.2, 0.25) is 5.91 Å². The van der Waals surface area contributed by atoms with E-state index in [1.165, 1.54) is 0 Å². The van der Waals surface area contributed by atoms with Gasteiger partial charge in [-0.25, -0.2) is 0 Å². The van der Waals surface area contributed by atoms with Gasteiger partial charge in [0.15, 0.2) is 0 Å². The van der Waals surface area contributed by atoms with Crippen LogP contribution in [0.1, 0.15) is 19.4 Å². The van der Waals surface area contributed by atoms with Crippen molar-refractivity contribution < 1.29 is 9.53 Å². The molecule has 1 aliphatic heterocycles. The number of hydrogen-bond donors (Lipinski definition) is 0. The third-order valence-corrected chi connectivity index (χ3v) is 2.95. The summed E-state index contributed by atoms with van der Waals surface area (Å²) in [6.45, 7) is 5.33. The van der Waals surface area contributed by atoms with Gasteiger partial charge < -0.3 is 9.64 Å². The molecular weight excluding hydrogens is 226 g/mol. The van der Waals surface area contributed by atoms with E-state index in [1.807, 2.05) is 55.2 Å². The van der Waals surface area contributed by atoms with E-state index >= 15 is 0 Å². The van der Waals surface area contributed by atoms with Crippen molar-refractivity contribution in [2.45, 2.75) is 26.1 Å². The Balaban J connectivity index is 1.97. The minimum absolute atomic E-state index is 0.0563. The van der Waals surface area contributed by atoms with E-state index in [0.717, 1.165) is 5.56 Å². The second kappa shape index (κ2) is 5.83. The second-order valence-electron chi connectivity index (χ2n) is 4.74. The van der Waals surface area contributed by atoms with E-state index < -0.39 is 0 Å². The van der Waals surface area contributed by atoms with Gasteiger partial charge in [0, 0.05) is 19.2 Å². The lowest BCUT2D eigenvalue weighted by molar-refractivity contribution is -0.137. The third-order valence-electron chi connectivity index (χ3n) is 2.95. The van der Waals surface area contributed by atoms with Crippen molar-refractivity contribution >= 4 is 12.0 Å². The Morgan fingerprint density at radius 3 is 2.44 bits per heavy atom. The molecule has 1 amide bonds. The Morgan fingerprint density at radius 1 is 1.22 bits per heavy atom. The standard InChI is InChI=1S/C15H19NO2/c1-12-10-16(11-13(2)18-12)15(17)9-8-14-6-4-3-5-7-14/h3-9,12-13H,10-11H2,1-2H3/b9-8+/t12-,13-/m0/s1. The number of nitrogens with zero attached hydrogens (tertiary/aromatic N) is 1. The van der Waals surface area contributed by atoms with Crippen LogP contribution in [0, 0.1) is 0 Å². The first-order valence-corrected chi connectivity index (χ1v) is 6.32. The van der Waals surface area contributed by atoms with Crippen molar-refractivity contribution in [2.75, 3.05) is 13.1 Å². The highest BCUT2D eigenvalue weighted by Gasteiger charge is 2.24. The fraction of sp³-hybridized carbons (Fsp3) is 0.400. The van der Waals surface area contributed by atoms with Gasteiger partial charge >= 0.3 is 0 Å². The van der Waals surface area contributed by atoms with Crippen molar-refractivity contribution in [1.29, 1.82) is 0 Å². The van der Waals surface area contributed by atoms with Gasteiger partial charge in [-0.2, -0.15) is 0 Å². The maximum atomic E-state index is 12.0. The number of amides is 1. The predicted molar refractivity (Wildman–Crippen MR) is 72.1 cm³/mol. The summed E-state index contributed by atoms with van der Waals surface area (Å²) in [4.78, 5) is 13.9. The maximum Gasteiger partial charge on any atom is 0.246 e. The summed E-state index contributed by atoms with van der Waals surface area (Å²) < 4.78 is 5.61. The monoisotopic (exact) mass is 245 g/mol. The summed E-state index contributed by atoms with van der Waals surface area (Å²) in [5, 5.41) is 0. The highest BCUT2D eigenvalue weighted by atomic mass is 16.5. The zero-order valence-corrected chi connectivity index (χ0v) is 10.9. The van der Waals surface area contributed by atoms with Crippen LogP contribution in [0.3, 0.4) is 0 Å². The van der Waals surface area contributed by atoms with E-state index in [9.17, 15) is 4.79 Å². The number of carbonyl (C=O) groups is 1. The van der Waals surface area contributed by atoms with Crippen LogP contribution in [0.5, 0.6) is 0 Å². The van der Waals surface area contributed by atoms with Crippen LogP contribution in [0.4, 0.5) is 0 Å². The number of hydrogen-bond acceptors (Lipinski definition) is 2. The molecule has 0 spiro atoms. The molecule has 18 heavy (non-hydrogen) atoms. The Kier molecular flexibility index (Phi) is 4.15. The molecule has 1 fully saturated rings. The maximum absolute atomic E-state index is 12.0. The van der Waals surface area contributed by atoms with E-state index in [4.69, 9.17) is 4.74 Å². The van der Waals surface area contributed by atoms with Crippen LogP contribution in [-0.4, -0.2) is 36.1 Å². The average molecular weight is 245 g/mol. The molecule has 1 aromatic rings. The largest absolute Gasteiger partial charge is 0.372 e. The SMILES string of the molecule is C[C@H]1CN(C(=O)/C=C/c2ccccc2)C[C@H](C)O1. The van der Waals surface area contributed by atoms with Crippen molar-refractivity contribution in [1.82, 2.24) is 4.90 Å². The van der Waals surface area contributed by atoms with Gasteiger partial charge in [0.05, 0.1) is 12.2 Å². The molecule has 1 saturated heterocycles. The minimum Gasteiger partial charge on any atom is -0.372 e. The lowest BCUT2D eigenvalue weighted by Gasteiger charge is -2.34.